The Morgan fingerprint density at radius 3 is 2.81 bits per heavy atom. The van der Waals surface area contributed by atoms with Crippen molar-refractivity contribution in [2.45, 2.75) is 58.0 Å². The fraction of sp³-hybridized carbons (Fsp3) is 0.611. The summed E-state index contributed by atoms with van der Waals surface area (Å²) in [5, 5.41) is 6.73. The lowest BCUT2D eigenvalue weighted by atomic mass is 9.93. The van der Waals surface area contributed by atoms with Gasteiger partial charge in [-0.2, -0.15) is 0 Å². The van der Waals surface area contributed by atoms with Crippen LogP contribution in [0.15, 0.2) is 24.3 Å². The van der Waals surface area contributed by atoms with E-state index in [0.29, 0.717) is 12.0 Å². The van der Waals surface area contributed by atoms with E-state index in [1.807, 2.05) is 18.2 Å². The number of hydrogen-bond acceptors (Lipinski definition) is 2. The monoisotopic (exact) mass is 286 g/mol. The van der Waals surface area contributed by atoms with Crippen LogP contribution in [0.2, 0.25) is 0 Å². The second-order valence-corrected chi connectivity index (χ2v) is 6.62. The molecule has 2 N–H and O–H groups in total. The van der Waals surface area contributed by atoms with E-state index in [4.69, 9.17) is 0 Å². The summed E-state index contributed by atoms with van der Waals surface area (Å²) in [4.78, 5) is 12.4. The number of hydrogen-bond donors (Lipinski definition) is 2. The van der Waals surface area contributed by atoms with Crippen molar-refractivity contribution >= 4 is 11.6 Å². The molecule has 1 heterocycles. The number of amides is 1. The number of para-hydroxylation sites is 1. The Morgan fingerprint density at radius 1 is 1.24 bits per heavy atom. The van der Waals surface area contributed by atoms with E-state index in [1.165, 1.54) is 24.8 Å². The highest BCUT2D eigenvalue weighted by atomic mass is 16.2. The maximum atomic E-state index is 12.4. The molecule has 1 aliphatic heterocycles. The Bertz CT molecular complexity index is 514. The second kappa shape index (κ2) is 6.18. The molecule has 1 aliphatic carbocycles. The molecule has 0 radical (unpaired) electrons. The smallest absolute Gasteiger partial charge is 0.241 e. The van der Waals surface area contributed by atoms with Crippen LogP contribution in [0.25, 0.3) is 0 Å². The predicted octanol–water partition coefficient (Wildman–Crippen LogP) is 3.35. The van der Waals surface area contributed by atoms with Crippen LogP contribution in [-0.4, -0.2) is 18.0 Å². The van der Waals surface area contributed by atoms with E-state index in [2.05, 4.69) is 30.5 Å². The van der Waals surface area contributed by atoms with Gasteiger partial charge in [-0.15, -0.1) is 0 Å². The number of benzene rings is 1. The molecule has 1 amide bonds. The van der Waals surface area contributed by atoms with Crippen molar-refractivity contribution in [1.82, 2.24) is 5.32 Å². The molecule has 1 aromatic rings. The minimum absolute atomic E-state index is 0.0551. The van der Waals surface area contributed by atoms with Gasteiger partial charge in [0.15, 0.2) is 0 Å². The largest absolute Gasteiger partial charge is 0.324 e. The molecule has 4 atom stereocenters. The Balaban J connectivity index is 1.66. The van der Waals surface area contributed by atoms with Gasteiger partial charge < -0.3 is 10.6 Å². The van der Waals surface area contributed by atoms with Crippen molar-refractivity contribution in [2.75, 3.05) is 5.32 Å². The van der Waals surface area contributed by atoms with Crippen LogP contribution in [0.3, 0.4) is 0 Å². The van der Waals surface area contributed by atoms with Gasteiger partial charge in [-0.3, -0.25) is 4.79 Å². The zero-order valence-electron chi connectivity index (χ0n) is 13.1. The van der Waals surface area contributed by atoms with Crippen LogP contribution in [-0.2, 0) is 11.2 Å². The molecule has 0 saturated heterocycles. The molecule has 21 heavy (non-hydrogen) atoms. The first-order valence-corrected chi connectivity index (χ1v) is 8.34. The minimum Gasteiger partial charge on any atom is -0.324 e. The van der Waals surface area contributed by atoms with Crippen molar-refractivity contribution in [3.05, 3.63) is 29.8 Å². The topological polar surface area (TPSA) is 41.1 Å². The van der Waals surface area contributed by atoms with Crippen LogP contribution < -0.4 is 10.6 Å². The van der Waals surface area contributed by atoms with Gasteiger partial charge >= 0.3 is 0 Å². The third kappa shape index (κ3) is 2.98. The summed E-state index contributed by atoms with van der Waals surface area (Å²) in [7, 11) is 0. The highest BCUT2D eigenvalue weighted by Gasteiger charge is 2.34. The molecule has 3 nitrogen and oxygen atoms in total. The summed E-state index contributed by atoms with van der Waals surface area (Å²) in [5.41, 5.74) is 2.23. The summed E-state index contributed by atoms with van der Waals surface area (Å²) < 4.78 is 0. The molecule has 4 unspecified atom stereocenters. The third-order valence-corrected chi connectivity index (χ3v) is 5.46. The lowest BCUT2D eigenvalue weighted by Gasteiger charge is -2.25. The zero-order chi connectivity index (χ0) is 14.8. The molecule has 0 bridgehead atoms. The molecule has 0 spiro atoms. The number of nitrogens with one attached hydrogen (secondary N) is 2. The van der Waals surface area contributed by atoms with Crippen LogP contribution in [0.1, 0.15) is 45.1 Å². The van der Waals surface area contributed by atoms with E-state index >= 15 is 0 Å². The third-order valence-electron chi connectivity index (χ3n) is 5.46. The first-order chi connectivity index (χ1) is 10.2. The Labute approximate surface area is 127 Å². The SMILES string of the molecule is CCC1CCC(NC2CCc3ccccc3NC2=O)C1C. The summed E-state index contributed by atoms with van der Waals surface area (Å²) in [6.07, 6.45) is 5.61. The summed E-state index contributed by atoms with van der Waals surface area (Å²) >= 11 is 0. The molecule has 3 rings (SSSR count). The molecule has 1 aromatic carbocycles. The van der Waals surface area contributed by atoms with E-state index in [-0.39, 0.29) is 11.9 Å². The number of carbonyl (C=O) groups is 1. The summed E-state index contributed by atoms with van der Waals surface area (Å²) in [5.74, 6) is 1.62. The van der Waals surface area contributed by atoms with Crippen LogP contribution in [0.4, 0.5) is 5.69 Å². The normalized spacial score (nSPS) is 32.4. The lowest BCUT2D eigenvalue weighted by molar-refractivity contribution is -0.118. The van der Waals surface area contributed by atoms with Gasteiger partial charge in [-0.1, -0.05) is 38.5 Å². The number of rotatable bonds is 3. The first kappa shape index (κ1) is 14.6. The quantitative estimate of drug-likeness (QED) is 0.894. The summed E-state index contributed by atoms with van der Waals surface area (Å²) in [6.45, 7) is 4.61. The van der Waals surface area contributed by atoms with Gasteiger partial charge in [0.2, 0.25) is 5.91 Å². The van der Waals surface area contributed by atoms with E-state index in [1.54, 1.807) is 0 Å². The average molecular weight is 286 g/mol. The summed E-state index contributed by atoms with van der Waals surface area (Å²) in [6, 6.07) is 8.58. The van der Waals surface area contributed by atoms with Gasteiger partial charge in [-0.25, -0.2) is 0 Å². The van der Waals surface area contributed by atoms with Crippen molar-refractivity contribution in [3.8, 4) is 0 Å². The molecule has 1 saturated carbocycles. The van der Waals surface area contributed by atoms with Gasteiger partial charge in [0.05, 0.1) is 6.04 Å². The molecule has 2 aliphatic rings. The number of anilines is 1. The fourth-order valence-corrected chi connectivity index (χ4v) is 3.99. The average Bonchev–Trinajstić information content (AvgIpc) is 2.75. The molecule has 3 heteroatoms. The number of carbonyl (C=O) groups excluding carboxylic acids is 1. The molecular weight excluding hydrogens is 260 g/mol. The first-order valence-electron chi connectivity index (χ1n) is 8.34. The highest BCUT2D eigenvalue weighted by molar-refractivity contribution is 5.96. The van der Waals surface area contributed by atoms with Crippen LogP contribution in [0.5, 0.6) is 0 Å². The van der Waals surface area contributed by atoms with Gasteiger partial charge in [-0.05, 0) is 49.1 Å². The lowest BCUT2D eigenvalue weighted by Crippen LogP contribution is -2.46. The predicted molar refractivity (Wildman–Crippen MR) is 86.3 cm³/mol. The van der Waals surface area contributed by atoms with Gasteiger partial charge in [0, 0.05) is 11.7 Å². The van der Waals surface area contributed by atoms with Gasteiger partial charge in [0.25, 0.3) is 0 Å². The van der Waals surface area contributed by atoms with Crippen LogP contribution >= 0.6 is 0 Å². The van der Waals surface area contributed by atoms with Gasteiger partial charge in [0.1, 0.15) is 0 Å². The molecule has 0 aromatic heterocycles. The van der Waals surface area contributed by atoms with Crippen LogP contribution in [0, 0.1) is 11.8 Å². The van der Waals surface area contributed by atoms with Crippen molar-refractivity contribution in [3.63, 3.8) is 0 Å². The maximum absolute atomic E-state index is 12.4. The Morgan fingerprint density at radius 2 is 2.05 bits per heavy atom. The molecule has 1 fully saturated rings. The fourth-order valence-electron chi connectivity index (χ4n) is 3.99. The van der Waals surface area contributed by atoms with Crippen molar-refractivity contribution in [1.29, 1.82) is 0 Å². The van der Waals surface area contributed by atoms with E-state index in [0.717, 1.165) is 24.4 Å². The molecule has 114 valence electrons. The Kier molecular flexibility index (Phi) is 4.29. The zero-order valence-corrected chi connectivity index (χ0v) is 13.1. The molecular formula is C18H26N2O. The minimum atomic E-state index is -0.0551. The van der Waals surface area contributed by atoms with Crippen molar-refractivity contribution < 1.29 is 4.79 Å². The highest BCUT2D eigenvalue weighted by Crippen LogP contribution is 2.34. The van der Waals surface area contributed by atoms with Crippen molar-refractivity contribution in [2.24, 2.45) is 11.8 Å². The van der Waals surface area contributed by atoms with E-state index in [9.17, 15) is 4.79 Å². The Hall–Kier alpha value is -1.35. The number of fused-ring (bicyclic) bond motifs is 1. The van der Waals surface area contributed by atoms with E-state index < -0.39 is 0 Å². The standard InChI is InChI=1S/C18H26N2O/c1-3-13-8-10-15(12(13)2)19-17-11-9-14-6-4-5-7-16(14)20-18(17)21/h4-7,12-13,15,17,19H,3,8-11H2,1-2H3,(H,20,21). The number of aryl methyl sites for hydroxylation is 1. The maximum Gasteiger partial charge on any atom is 0.241 e. The second-order valence-electron chi connectivity index (χ2n) is 6.62.